The second kappa shape index (κ2) is 11.4. The van der Waals surface area contributed by atoms with Crippen LogP contribution in [0, 0.1) is 0 Å². The summed E-state index contributed by atoms with van der Waals surface area (Å²) in [7, 11) is 0. The van der Waals surface area contributed by atoms with Gasteiger partial charge in [0.2, 0.25) is 0 Å². The lowest BCUT2D eigenvalue weighted by atomic mass is 10.0. The molecule has 0 amide bonds. The molecule has 0 aliphatic rings. The van der Waals surface area contributed by atoms with Crippen LogP contribution in [0.3, 0.4) is 0 Å². The number of aromatic nitrogens is 4. The van der Waals surface area contributed by atoms with Crippen molar-refractivity contribution in [2.24, 2.45) is 0 Å². The van der Waals surface area contributed by atoms with E-state index in [2.05, 4.69) is 108 Å². The summed E-state index contributed by atoms with van der Waals surface area (Å²) in [6, 6.07) is 58.6. The van der Waals surface area contributed by atoms with Crippen molar-refractivity contribution in [3.63, 3.8) is 0 Å². The van der Waals surface area contributed by atoms with Crippen molar-refractivity contribution in [3.05, 3.63) is 170 Å². The molecule has 0 spiro atoms. The Morgan fingerprint density at radius 3 is 1.64 bits per heavy atom. The molecule has 234 valence electrons. The first-order chi connectivity index (χ1) is 24.8. The Morgan fingerprint density at radius 1 is 0.360 bits per heavy atom. The molecule has 0 saturated heterocycles. The highest BCUT2D eigenvalue weighted by Crippen LogP contribution is 2.40. The summed E-state index contributed by atoms with van der Waals surface area (Å²) in [5, 5.41) is 4.53. The Kier molecular flexibility index (Phi) is 6.42. The largest absolute Gasteiger partial charge is 0.456 e. The van der Waals surface area contributed by atoms with E-state index in [4.69, 9.17) is 19.4 Å². The maximum atomic E-state index is 6.60. The predicted molar refractivity (Wildman–Crippen MR) is 203 cm³/mol. The summed E-state index contributed by atoms with van der Waals surface area (Å²) in [5.41, 5.74) is 10.1. The van der Waals surface area contributed by atoms with Crippen molar-refractivity contribution < 1.29 is 4.42 Å². The zero-order valence-corrected chi connectivity index (χ0v) is 26.9. The third kappa shape index (κ3) is 4.60. The van der Waals surface area contributed by atoms with Crippen LogP contribution in [0.1, 0.15) is 0 Å². The first-order valence-electron chi connectivity index (χ1n) is 16.7. The normalized spacial score (nSPS) is 11.6. The molecule has 0 aliphatic heterocycles. The zero-order valence-electron chi connectivity index (χ0n) is 26.9. The van der Waals surface area contributed by atoms with Crippen LogP contribution < -0.4 is 0 Å². The molecule has 7 aromatic carbocycles. The lowest BCUT2D eigenvalue weighted by Gasteiger charge is -2.10. The van der Waals surface area contributed by atoms with Gasteiger partial charge in [-0.1, -0.05) is 127 Å². The molecule has 5 nitrogen and oxygen atoms in total. The van der Waals surface area contributed by atoms with Crippen LogP contribution in [0.2, 0.25) is 0 Å². The monoisotopic (exact) mass is 640 g/mol. The van der Waals surface area contributed by atoms with E-state index in [1.165, 1.54) is 21.9 Å². The fourth-order valence-electron chi connectivity index (χ4n) is 7.11. The van der Waals surface area contributed by atoms with Gasteiger partial charge in [-0.05, 0) is 53.6 Å². The summed E-state index contributed by atoms with van der Waals surface area (Å²) < 4.78 is 8.97. The fourth-order valence-corrected chi connectivity index (χ4v) is 7.11. The van der Waals surface area contributed by atoms with Crippen molar-refractivity contribution in [3.8, 4) is 51.0 Å². The van der Waals surface area contributed by atoms with Gasteiger partial charge in [0.25, 0.3) is 0 Å². The molecular weight excluding hydrogens is 613 g/mol. The first kappa shape index (κ1) is 28.2. The maximum Gasteiger partial charge on any atom is 0.164 e. The molecule has 0 aliphatic carbocycles. The van der Waals surface area contributed by atoms with E-state index in [-0.39, 0.29) is 0 Å². The van der Waals surface area contributed by atoms with Crippen molar-refractivity contribution in [1.82, 2.24) is 19.5 Å². The van der Waals surface area contributed by atoms with Crippen molar-refractivity contribution in [2.45, 2.75) is 0 Å². The lowest BCUT2D eigenvalue weighted by molar-refractivity contribution is 0.669. The van der Waals surface area contributed by atoms with Crippen LogP contribution in [-0.4, -0.2) is 19.5 Å². The molecule has 0 bridgehead atoms. The minimum absolute atomic E-state index is 0.594. The van der Waals surface area contributed by atoms with Gasteiger partial charge in [0.15, 0.2) is 17.5 Å². The minimum atomic E-state index is 0.594. The Bertz CT molecular complexity index is 2800. The number of hydrogen-bond acceptors (Lipinski definition) is 4. The molecule has 3 heterocycles. The molecule has 50 heavy (non-hydrogen) atoms. The van der Waals surface area contributed by atoms with E-state index in [9.17, 15) is 0 Å². The molecular formula is C45H28N4O. The highest BCUT2D eigenvalue weighted by atomic mass is 16.3. The quantitative estimate of drug-likeness (QED) is 0.188. The number of rotatable bonds is 5. The number of fused-ring (bicyclic) bond motifs is 6. The van der Waals surface area contributed by atoms with Crippen LogP contribution in [0.4, 0.5) is 0 Å². The van der Waals surface area contributed by atoms with Crippen molar-refractivity contribution >= 4 is 43.7 Å². The van der Waals surface area contributed by atoms with E-state index >= 15 is 0 Å². The lowest BCUT2D eigenvalue weighted by Crippen LogP contribution is -2.00. The molecule has 0 unspecified atom stereocenters. The second-order valence-corrected chi connectivity index (χ2v) is 12.5. The van der Waals surface area contributed by atoms with Gasteiger partial charge in [0.1, 0.15) is 11.2 Å². The minimum Gasteiger partial charge on any atom is -0.456 e. The van der Waals surface area contributed by atoms with E-state index in [1.807, 2.05) is 66.7 Å². The molecule has 0 radical (unpaired) electrons. The van der Waals surface area contributed by atoms with E-state index in [0.717, 1.165) is 55.3 Å². The Balaban J connectivity index is 1.16. The van der Waals surface area contributed by atoms with Gasteiger partial charge in [0, 0.05) is 32.8 Å². The maximum absolute atomic E-state index is 6.60. The second-order valence-electron chi connectivity index (χ2n) is 12.5. The summed E-state index contributed by atoms with van der Waals surface area (Å²) in [6.45, 7) is 0. The Labute approximate surface area is 287 Å². The highest BCUT2D eigenvalue weighted by Gasteiger charge is 2.19. The molecule has 0 N–H and O–H groups in total. The number of benzene rings is 7. The van der Waals surface area contributed by atoms with Gasteiger partial charge in [-0.2, -0.15) is 0 Å². The number of nitrogens with zero attached hydrogens (tertiary/aromatic N) is 4. The number of para-hydroxylation sites is 1. The van der Waals surface area contributed by atoms with E-state index < -0.39 is 0 Å². The van der Waals surface area contributed by atoms with E-state index in [1.54, 1.807) is 0 Å². The highest BCUT2D eigenvalue weighted by molar-refractivity contribution is 6.15. The van der Waals surface area contributed by atoms with Crippen LogP contribution in [0.5, 0.6) is 0 Å². The van der Waals surface area contributed by atoms with Crippen molar-refractivity contribution in [2.75, 3.05) is 0 Å². The first-order valence-corrected chi connectivity index (χ1v) is 16.7. The van der Waals surface area contributed by atoms with Gasteiger partial charge >= 0.3 is 0 Å². The molecule has 5 heteroatoms. The third-order valence-electron chi connectivity index (χ3n) is 9.45. The van der Waals surface area contributed by atoms with Crippen LogP contribution in [-0.2, 0) is 0 Å². The van der Waals surface area contributed by atoms with Crippen LogP contribution in [0.25, 0.3) is 94.7 Å². The predicted octanol–water partition coefficient (Wildman–Crippen LogP) is 11.5. The average Bonchev–Trinajstić information content (AvgIpc) is 3.74. The molecule has 0 fully saturated rings. The Hall–Kier alpha value is -6.85. The Morgan fingerprint density at radius 2 is 0.940 bits per heavy atom. The SMILES string of the molecule is c1ccc(-c2ccc3c(c2)c2ccccc2n3-c2cccc3oc4cc(-c5nc(-c6ccccc6)nc(-c6ccccc6)n5)ccc4c23)cc1. The molecule has 10 rings (SSSR count). The van der Waals surface area contributed by atoms with Crippen molar-refractivity contribution in [1.29, 1.82) is 0 Å². The van der Waals surface area contributed by atoms with Gasteiger partial charge in [-0.15, -0.1) is 0 Å². The topological polar surface area (TPSA) is 56.7 Å². The summed E-state index contributed by atoms with van der Waals surface area (Å²) in [5.74, 6) is 1.85. The smallest absolute Gasteiger partial charge is 0.164 e. The molecule has 10 aromatic rings. The van der Waals surface area contributed by atoms with Gasteiger partial charge in [-0.25, -0.2) is 15.0 Å². The fraction of sp³-hybridized carbons (Fsp3) is 0. The number of hydrogen-bond donors (Lipinski definition) is 0. The van der Waals surface area contributed by atoms with Gasteiger partial charge < -0.3 is 8.98 Å². The summed E-state index contributed by atoms with van der Waals surface area (Å²) >= 11 is 0. The third-order valence-corrected chi connectivity index (χ3v) is 9.45. The van der Waals surface area contributed by atoms with Gasteiger partial charge in [0.05, 0.1) is 22.1 Å². The molecule has 0 saturated carbocycles. The summed E-state index contributed by atoms with van der Waals surface area (Å²) in [6.07, 6.45) is 0. The summed E-state index contributed by atoms with van der Waals surface area (Å²) in [4.78, 5) is 14.8. The van der Waals surface area contributed by atoms with E-state index in [0.29, 0.717) is 17.5 Å². The van der Waals surface area contributed by atoms with Gasteiger partial charge in [-0.3, -0.25) is 0 Å². The standard InChI is InChI=1S/C45H28N4O/c1-4-13-29(14-5-1)32-24-26-38-36(27-32)34-19-10-11-20-37(34)49(38)39-21-12-22-40-42(39)35-25-23-33(28-41(35)50-40)45-47-43(30-15-6-2-7-16-30)46-44(48-45)31-17-8-3-9-18-31/h1-28H. The zero-order chi connectivity index (χ0) is 33.0. The number of furan rings is 1. The average molecular weight is 641 g/mol. The molecule has 0 atom stereocenters. The molecule has 3 aromatic heterocycles. The van der Waals surface area contributed by atoms with Crippen LogP contribution in [0.15, 0.2) is 174 Å². The van der Waals surface area contributed by atoms with Crippen LogP contribution >= 0.6 is 0 Å².